The number of carbonyl (C=O) groups is 1. The summed E-state index contributed by atoms with van der Waals surface area (Å²) in [6.45, 7) is 1.58. The molecular weight excluding hydrogens is 240 g/mol. The Kier molecular flexibility index (Phi) is 2.93. The Morgan fingerprint density at radius 3 is 3.05 bits per heavy atom. The van der Waals surface area contributed by atoms with Gasteiger partial charge >= 0.3 is 0 Å². The van der Waals surface area contributed by atoms with Gasteiger partial charge in [-0.25, -0.2) is 0 Å². The normalized spacial score (nSPS) is 18.1. The monoisotopic (exact) mass is 258 g/mol. The van der Waals surface area contributed by atoms with Crippen LogP contribution in [-0.2, 0) is 17.6 Å². The van der Waals surface area contributed by atoms with Crippen LogP contribution < -0.4 is 10.1 Å². The summed E-state index contributed by atoms with van der Waals surface area (Å²) < 4.78 is 5.29. The fourth-order valence-corrected chi connectivity index (χ4v) is 2.93. The molecule has 1 aliphatic carbocycles. The highest BCUT2D eigenvalue weighted by atomic mass is 16.5. The average molecular weight is 258 g/mol. The number of H-pyrrole nitrogens is 1. The van der Waals surface area contributed by atoms with E-state index < -0.39 is 0 Å². The molecule has 100 valence electrons. The van der Waals surface area contributed by atoms with Gasteiger partial charge in [-0.2, -0.15) is 0 Å². The van der Waals surface area contributed by atoms with Gasteiger partial charge in [-0.3, -0.25) is 4.79 Å². The Labute approximate surface area is 112 Å². The van der Waals surface area contributed by atoms with Gasteiger partial charge in [0.15, 0.2) is 0 Å². The number of hydrogen-bond donors (Lipinski definition) is 2. The van der Waals surface area contributed by atoms with Crippen molar-refractivity contribution in [2.24, 2.45) is 0 Å². The molecule has 1 aromatic heterocycles. The highest BCUT2D eigenvalue weighted by Gasteiger charge is 2.23. The molecule has 1 aromatic carbocycles. The summed E-state index contributed by atoms with van der Waals surface area (Å²) >= 11 is 0. The Bertz CT molecular complexity index is 630. The standard InChI is InChI=1S/C15H18N2O2/c1-9(18)16-10-3-5-14-12(7-10)13-8-11(19-2)4-6-15(13)17-14/h4,6,8,10,17H,3,5,7H2,1-2H3,(H,16,18). The molecule has 1 atom stereocenters. The van der Waals surface area contributed by atoms with E-state index in [1.807, 2.05) is 6.07 Å². The molecule has 3 rings (SSSR count). The second kappa shape index (κ2) is 4.61. The fourth-order valence-electron chi connectivity index (χ4n) is 2.93. The summed E-state index contributed by atoms with van der Waals surface area (Å²) in [5.41, 5.74) is 3.76. The minimum absolute atomic E-state index is 0.0471. The summed E-state index contributed by atoms with van der Waals surface area (Å²) in [6.07, 6.45) is 2.87. The summed E-state index contributed by atoms with van der Waals surface area (Å²) in [5, 5.41) is 4.23. The topological polar surface area (TPSA) is 54.1 Å². The van der Waals surface area contributed by atoms with Crippen molar-refractivity contribution in [1.82, 2.24) is 10.3 Å². The third-order valence-corrected chi connectivity index (χ3v) is 3.80. The molecule has 0 aliphatic heterocycles. The number of ether oxygens (including phenoxy) is 1. The zero-order valence-corrected chi connectivity index (χ0v) is 11.2. The summed E-state index contributed by atoms with van der Waals surface area (Å²) in [7, 11) is 1.68. The second-order valence-electron chi connectivity index (χ2n) is 5.13. The molecule has 4 heteroatoms. The minimum Gasteiger partial charge on any atom is -0.497 e. The van der Waals surface area contributed by atoms with Crippen molar-refractivity contribution >= 4 is 16.8 Å². The number of rotatable bonds is 2. The number of aromatic amines is 1. The molecule has 1 heterocycles. The van der Waals surface area contributed by atoms with Crippen molar-refractivity contribution in [3.05, 3.63) is 29.5 Å². The maximum atomic E-state index is 11.2. The zero-order valence-electron chi connectivity index (χ0n) is 11.2. The van der Waals surface area contributed by atoms with Gasteiger partial charge < -0.3 is 15.0 Å². The van der Waals surface area contributed by atoms with Gasteiger partial charge in [-0.1, -0.05) is 0 Å². The van der Waals surface area contributed by atoms with Crippen LogP contribution in [0, 0.1) is 0 Å². The largest absolute Gasteiger partial charge is 0.497 e. The van der Waals surface area contributed by atoms with Crippen molar-refractivity contribution in [1.29, 1.82) is 0 Å². The maximum absolute atomic E-state index is 11.2. The van der Waals surface area contributed by atoms with E-state index in [1.165, 1.54) is 16.6 Å². The lowest BCUT2D eigenvalue weighted by Gasteiger charge is -2.23. The molecule has 19 heavy (non-hydrogen) atoms. The van der Waals surface area contributed by atoms with Gasteiger partial charge in [0.25, 0.3) is 0 Å². The number of hydrogen-bond acceptors (Lipinski definition) is 2. The summed E-state index contributed by atoms with van der Waals surface area (Å²) in [6, 6.07) is 6.34. The van der Waals surface area contributed by atoms with Crippen LogP contribution in [0.25, 0.3) is 10.9 Å². The minimum atomic E-state index is 0.0471. The second-order valence-corrected chi connectivity index (χ2v) is 5.13. The Balaban J connectivity index is 1.99. The number of carbonyl (C=O) groups excluding carboxylic acids is 1. The molecule has 2 N–H and O–H groups in total. The first-order valence-corrected chi connectivity index (χ1v) is 6.62. The predicted molar refractivity (Wildman–Crippen MR) is 74.5 cm³/mol. The van der Waals surface area contributed by atoms with Crippen LogP contribution in [0.15, 0.2) is 18.2 Å². The van der Waals surface area contributed by atoms with Crippen molar-refractivity contribution in [2.75, 3.05) is 7.11 Å². The maximum Gasteiger partial charge on any atom is 0.217 e. The first-order chi connectivity index (χ1) is 9.17. The number of benzene rings is 1. The third kappa shape index (κ3) is 2.18. The number of aromatic nitrogens is 1. The van der Waals surface area contributed by atoms with E-state index in [0.717, 1.165) is 30.5 Å². The molecule has 0 saturated heterocycles. The third-order valence-electron chi connectivity index (χ3n) is 3.80. The number of nitrogens with one attached hydrogen (secondary N) is 2. The van der Waals surface area contributed by atoms with E-state index in [2.05, 4.69) is 22.4 Å². The van der Waals surface area contributed by atoms with Crippen LogP contribution >= 0.6 is 0 Å². The molecule has 0 spiro atoms. The molecule has 0 bridgehead atoms. The van der Waals surface area contributed by atoms with Crippen LogP contribution in [0.4, 0.5) is 0 Å². The number of amides is 1. The lowest BCUT2D eigenvalue weighted by Crippen LogP contribution is -2.37. The Morgan fingerprint density at radius 1 is 1.47 bits per heavy atom. The van der Waals surface area contributed by atoms with Crippen LogP contribution in [-0.4, -0.2) is 24.0 Å². The smallest absolute Gasteiger partial charge is 0.217 e. The average Bonchev–Trinajstić information content (AvgIpc) is 2.75. The highest BCUT2D eigenvalue weighted by molar-refractivity contribution is 5.86. The van der Waals surface area contributed by atoms with Crippen molar-refractivity contribution < 1.29 is 9.53 Å². The number of aryl methyl sites for hydroxylation is 1. The molecule has 0 fully saturated rings. The van der Waals surface area contributed by atoms with E-state index in [4.69, 9.17) is 4.74 Å². The first kappa shape index (κ1) is 12.1. The molecule has 1 unspecified atom stereocenters. The summed E-state index contributed by atoms with van der Waals surface area (Å²) in [5.74, 6) is 0.918. The fraction of sp³-hybridized carbons (Fsp3) is 0.400. The Morgan fingerprint density at radius 2 is 2.32 bits per heavy atom. The Hall–Kier alpha value is -1.97. The molecule has 0 saturated carbocycles. The number of fused-ring (bicyclic) bond motifs is 3. The first-order valence-electron chi connectivity index (χ1n) is 6.62. The van der Waals surface area contributed by atoms with Crippen molar-refractivity contribution in [2.45, 2.75) is 32.2 Å². The van der Waals surface area contributed by atoms with Crippen LogP contribution in [0.1, 0.15) is 24.6 Å². The lowest BCUT2D eigenvalue weighted by molar-refractivity contribution is -0.119. The van der Waals surface area contributed by atoms with Gasteiger partial charge in [-0.15, -0.1) is 0 Å². The van der Waals surface area contributed by atoms with Gasteiger partial charge in [0.2, 0.25) is 5.91 Å². The number of methoxy groups -OCH3 is 1. The van der Waals surface area contributed by atoms with E-state index >= 15 is 0 Å². The molecule has 1 aliphatic rings. The molecule has 1 amide bonds. The van der Waals surface area contributed by atoms with E-state index in [9.17, 15) is 4.79 Å². The molecular formula is C15H18N2O2. The molecule has 4 nitrogen and oxygen atoms in total. The van der Waals surface area contributed by atoms with E-state index in [-0.39, 0.29) is 11.9 Å². The van der Waals surface area contributed by atoms with E-state index in [0.29, 0.717) is 0 Å². The van der Waals surface area contributed by atoms with Crippen LogP contribution in [0.3, 0.4) is 0 Å². The van der Waals surface area contributed by atoms with E-state index in [1.54, 1.807) is 14.0 Å². The van der Waals surface area contributed by atoms with Gasteiger partial charge in [0, 0.05) is 29.6 Å². The predicted octanol–water partition coefficient (Wildman–Crippen LogP) is 2.17. The van der Waals surface area contributed by atoms with Crippen LogP contribution in [0.5, 0.6) is 5.75 Å². The van der Waals surface area contributed by atoms with Crippen molar-refractivity contribution in [3.63, 3.8) is 0 Å². The van der Waals surface area contributed by atoms with Crippen molar-refractivity contribution in [3.8, 4) is 5.75 Å². The van der Waals surface area contributed by atoms with Gasteiger partial charge in [-0.05, 0) is 43.0 Å². The van der Waals surface area contributed by atoms with Gasteiger partial charge in [0.05, 0.1) is 7.11 Å². The van der Waals surface area contributed by atoms with Crippen LogP contribution in [0.2, 0.25) is 0 Å². The lowest BCUT2D eigenvalue weighted by atomic mass is 9.91. The molecule has 2 aromatic rings. The molecule has 0 radical (unpaired) electrons. The summed E-state index contributed by atoms with van der Waals surface area (Å²) in [4.78, 5) is 14.7. The van der Waals surface area contributed by atoms with Gasteiger partial charge in [0.1, 0.15) is 5.75 Å². The SMILES string of the molecule is COc1ccc2[nH]c3c(c2c1)CC(NC(C)=O)CC3. The zero-order chi connectivity index (χ0) is 13.4. The quantitative estimate of drug-likeness (QED) is 0.867. The highest BCUT2D eigenvalue weighted by Crippen LogP contribution is 2.31.